The van der Waals surface area contributed by atoms with Crippen molar-refractivity contribution in [2.24, 2.45) is 0 Å². The number of hydrogen-bond donors (Lipinski definition) is 0. The standard InChI is InChI=1S/C8H15NO2.C8H14O2.C5H8O2/c1-7(2)8(10)11-6-5-9(3)4;1-4-5-6-10-8(9)7(2)3;1-4(2)5(6)7-3/h1,5-6H2,2-4H3;2,4-6H2,1,3H3;1H2,2-3H3. The second-order valence-electron chi connectivity index (χ2n) is 6.26. The Hall–Kier alpha value is -2.41. The third kappa shape index (κ3) is 23.6. The molecule has 0 aromatic heterocycles. The molecule has 0 unspecified atom stereocenters. The van der Waals surface area contributed by atoms with E-state index < -0.39 is 0 Å². The van der Waals surface area contributed by atoms with Gasteiger partial charge >= 0.3 is 17.9 Å². The summed E-state index contributed by atoms with van der Waals surface area (Å²) in [5.41, 5.74) is 1.35. The van der Waals surface area contributed by atoms with Crippen molar-refractivity contribution in [1.29, 1.82) is 0 Å². The molecule has 0 aliphatic rings. The summed E-state index contributed by atoms with van der Waals surface area (Å²) < 4.78 is 13.9. The van der Waals surface area contributed by atoms with Crippen LogP contribution < -0.4 is 0 Å². The molecule has 0 bridgehead atoms. The molecule has 0 spiro atoms. The van der Waals surface area contributed by atoms with E-state index >= 15 is 0 Å². The lowest BCUT2D eigenvalue weighted by atomic mass is 10.3. The van der Waals surface area contributed by atoms with Crippen LogP contribution in [0.15, 0.2) is 36.5 Å². The molecule has 0 rings (SSSR count). The number of rotatable bonds is 9. The van der Waals surface area contributed by atoms with Gasteiger partial charge in [0.05, 0.1) is 13.7 Å². The lowest BCUT2D eigenvalue weighted by molar-refractivity contribution is -0.140. The number of methoxy groups -OCH3 is 1. The van der Waals surface area contributed by atoms with Crippen LogP contribution in [0.25, 0.3) is 0 Å². The van der Waals surface area contributed by atoms with Gasteiger partial charge in [-0.05, 0) is 41.3 Å². The monoisotopic (exact) mass is 399 g/mol. The Balaban J connectivity index is -0.000000343. The van der Waals surface area contributed by atoms with Crippen LogP contribution in [-0.4, -0.2) is 63.8 Å². The first-order valence-corrected chi connectivity index (χ1v) is 8.94. The quantitative estimate of drug-likeness (QED) is 0.255. The van der Waals surface area contributed by atoms with Crippen molar-refractivity contribution in [3.63, 3.8) is 0 Å². The van der Waals surface area contributed by atoms with Gasteiger partial charge in [0.15, 0.2) is 0 Å². The summed E-state index contributed by atoms with van der Waals surface area (Å²) in [4.78, 5) is 33.6. The normalized spacial score (nSPS) is 9.00. The molecule has 0 amide bonds. The van der Waals surface area contributed by atoms with Crippen molar-refractivity contribution in [3.8, 4) is 0 Å². The Morgan fingerprint density at radius 1 is 0.786 bits per heavy atom. The van der Waals surface area contributed by atoms with Crippen molar-refractivity contribution < 1.29 is 28.6 Å². The summed E-state index contributed by atoms with van der Waals surface area (Å²) in [6, 6.07) is 0. The van der Waals surface area contributed by atoms with Crippen LogP contribution in [0.1, 0.15) is 40.5 Å². The van der Waals surface area contributed by atoms with Crippen LogP contribution in [0.3, 0.4) is 0 Å². The highest BCUT2D eigenvalue weighted by molar-refractivity contribution is 5.87. The molecule has 162 valence electrons. The van der Waals surface area contributed by atoms with Gasteiger partial charge < -0.3 is 19.1 Å². The summed E-state index contributed by atoms with van der Waals surface area (Å²) in [6.45, 7) is 18.9. The Labute approximate surface area is 170 Å². The fourth-order valence-electron chi connectivity index (χ4n) is 1.05. The average molecular weight is 400 g/mol. The van der Waals surface area contributed by atoms with Crippen molar-refractivity contribution in [1.82, 2.24) is 4.90 Å². The average Bonchev–Trinajstić information content (AvgIpc) is 2.61. The van der Waals surface area contributed by atoms with E-state index in [0.717, 1.165) is 19.4 Å². The topological polar surface area (TPSA) is 82.1 Å². The maximum absolute atomic E-state index is 10.8. The van der Waals surface area contributed by atoms with Gasteiger partial charge in [0, 0.05) is 23.3 Å². The Bertz CT molecular complexity index is 523. The van der Waals surface area contributed by atoms with E-state index in [9.17, 15) is 14.4 Å². The van der Waals surface area contributed by atoms with E-state index in [0.29, 0.717) is 29.9 Å². The van der Waals surface area contributed by atoms with E-state index in [1.165, 1.54) is 7.11 Å². The number of ether oxygens (including phenoxy) is 3. The highest BCUT2D eigenvalue weighted by Crippen LogP contribution is 1.94. The Kier molecular flexibility index (Phi) is 21.0. The van der Waals surface area contributed by atoms with Gasteiger partial charge in [0.25, 0.3) is 0 Å². The molecule has 7 heteroatoms. The summed E-state index contributed by atoms with van der Waals surface area (Å²) in [6.07, 6.45) is 1.97. The number of likely N-dealkylation sites (N-methyl/N-ethyl adjacent to an activating group) is 1. The molecule has 0 saturated carbocycles. The maximum atomic E-state index is 10.8. The molecule has 0 aliphatic carbocycles. The lowest BCUT2D eigenvalue weighted by Gasteiger charge is -2.09. The molecule has 0 aromatic carbocycles. The molecule has 0 atom stereocenters. The molecular weight excluding hydrogens is 362 g/mol. The van der Waals surface area contributed by atoms with Crippen molar-refractivity contribution in [2.45, 2.75) is 40.5 Å². The van der Waals surface area contributed by atoms with Gasteiger partial charge in [-0.25, -0.2) is 14.4 Å². The molecule has 0 N–H and O–H groups in total. The molecule has 0 radical (unpaired) electrons. The van der Waals surface area contributed by atoms with Gasteiger partial charge in [0.1, 0.15) is 6.61 Å². The molecular formula is C21H37NO6. The van der Waals surface area contributed by atoms with Gasteiger partial charge in [-0.1, -0.05) is 33.1 Å². The number of carbonyl (C=O) groups is 3. The first kappa shape index (κ1) is 30.3. The van der Waals surface area contributed by atoms with Gasteiger partial charge in [0.2, 0.25) is 0 Å². The predicted octanol–water partition coefficient (Wildman–Crippen LogP) is 3.31. The highest BCUT2D eigenvalue weighted by atomic mass is 16.5. The van der Waals surface area contributed by atoms with Crippen molar-refractivity contribution >= 4 is 17.9 Å². The van der Waals surface area contributed by atoms with E-state index in [2.05, 4.69) is 31.4 Å². The summed E-state index contributed by atoms with van der Waals surface area (Å²) in [5, 5.41) is 0. The molecule has 7 nitrogen and oxygen atoms in total. The fourth-order valence-corrected chi connectivity index (χ4v) is 1.05. The molecule has 28 heavy (non-hydrogen) atoms. The largest absolute Gasteiger partial charge is 0.466 e. The number of carbonyl (C=O) groups excluding carboxylic acids is 3. The highest BCUT2D eigenvalue weighted by Gasteiger charge is 2.02. The van der Waals surface area contributed by atoms with Crippen LogP contribution >= 0.6 is 0 Å². The van der Waals surface area contributed by atoms with Crippen LogP contribution in [0.4, 0.5) is 0 Å². The summed E-state index contributed by atoms with van der Waals surface area (Å²) >= 11 is 0. The van der Waals surface area contributed by atoms with E-state index in [4.69, 9.17) is 9.47 Å². The van der Waals surface area contributed by atoms with E-state index in [1.54, 1.807) is 20.8 Å². The lowest BCUT2D eigenvalue weighted by Crippen LogP contribution is -2.20. The van der Waals surface area contributed by atoms with Crippen LogP contribution in [0, 0.1) is 0 Å². The second kappa shape index (κ2) is 19.4. The molecule has 0 heterocycles. The smallest absolute Gasteiger partial charge is 0.333 e. The van der Waals surface area contributed by atoms with Gasteiger partial charge in [-0.15, -0.1) is 0 Å². The predicted molar refractivity (Wildman–Crippen MR) is 112 cm³/mol. The van der Waals surface area contributed by atoms with Crippen LogP contribution in [0.2, 0.25) is 0 Å². The summed E-state index contributed by atoms with van der Waals surface area (Å²) in [5.74, 6) is -0.944. The molecule has 0 fully saturated rings. The minimum absolute atomic E-state index is 0.284. The SMILES string of the molecule is C=C(C)C(=O)OC.C=C(C)C(=O)OCCCC.C=C(C)C(=O)OCCN(C)C. The number of unbranched alkanes of at least 4 members (excludes halogenated alkanes) is 1. The third-order valence-electron chi connectivity index (χ3n) is 2.73. The second-order valence-corrected chi connectivity index (χ2v) is 6.26. The zero-order chi connectivity index (χ0) is 22.7. The van der Waals surface area contributed by atoms with E-state index in [1.807, 2.05) is 19.0 Å². The Morgan fingerprint density at radius 2 is 1.18 bits per heavy atom. The number of nitrogens with zero attached hydrogens (tertiary/aromatic N) is 1. The first-order chi connectivity index (χ1) is 12.9. The van der Waals surface area contributed by atoms with Crippen LogP contribution in [-0.2, 0) is 28.6 Å². The minimum Gasteiger partial charge on any atom is -0.466 e. The molecule has 0 aromatic rings. The minimum atomic E-state index is -0.347. The van der Waals surface area contributed by atoms with Crippen LogP contribution in [0.5, 0.6) is 0 Å². The maximum Gasteiger partial charge on any atom is 0.333 e. The van der Waals surface area contributed by atoms with Gasteiger partial charge in [-0.3, -0.25) is 0 Å². The van der Waals surface area contributed by atoms with E-state index in [-0.39, 0.29) is 17.9 Å². The molecule has 0 saturated heterocycles. The number of hydrogen-bond acceptors (Lipinski definition) is 7. The third-order valence-corrected chi connectivity index (χ3v) is 2.73. The van der Waals surface area contributed by atoms with Crippen molar-refractivity contribution in [2.75, 3.05) is 41.0 Å². The fraction of sp³-hybridized carbons (Fsp3) is 0.571. The number of esters is 3. The first-order valence-electron chi connectivity index (χ1n) is 8.94. The zero-order valence-corrected chi connectivity index (χ0v) is 18.6. The van der Waals surface area contributed by atoms with Gasteiger partial charge in [-0.2, -0.15) is 0 Å². The molecule has 0 aliphatic heterocycles. The van der Waals surface area contributed by atoms with Crippen molar-refractivity contribution in [3.05, 3.63) is 36.5 Å². The summed E-state index contributed by atoms with van der Waals surface area (Å²) in [7, 11) is 5.18. The zero-order valence-electron chi connectivity index (χ0n) is 18.6. The Morgan fingerprint density at radius 3 is 1.43 bits per heavy atom.